The SMILES string of the molecule is Cc1cc(C2CCCCC2)nnc1NC(C)N1CCOCC1. The van der Waals surface area contributed by atoms with Gasteiger partial charge < -0.3 is 10.1 Å². The molecule has 1 aromatic heterocycles. The van der Waals surface area contributed by atoms with Gasteiger partial charge in [-0.2, -0.15) is 5.10 Å². The van der Waals surface area contributed by atoms with Crippen LogP contribution < -0.4 is 5.32 Å². The minimum atomic E-state index is 0.262. The molecule has 2 aliphatic rings. The summed E-state index contributed by atoms with van der Waals surface area (Å²) in [5, 5.41) is 12.5. The summed E-state index contributed by atoms with van der Waals surface area (Å²) in [6.45, 7) is 7.90. The lowest BCUT2D eigenvalue weighted by molar-refractivity contribution is 0.0253. The number of rotatable bonds is 4. The van der Waals surface area contributed by atoms with Gasteiger partial charge in [-0.15, -0.1) is 5.10 Å². The number of nitrogens with zero attached hydrogens (tertiary/aromatic N) is 3. The van der Waals surface area contributed by atoms with E-state index in [-0.39, 0.29) is 6.17 Å². The normalized spacial score (nSPS) is 22.5. The molecular formula is C17H28N4O. The molecule has 1 N–H and O–H groups in total. The number of anilines is 1. The second-order valence-electron chi connectivity index (χ2n) is 6.60. The van der Waals surface area contributed by atoms with Crippen LogP contribution in [-0.2, 0) is 4.74 Å². The van der Waals surface area contributed by atoms with Crippen molar-refractivity contribution >= 4 is 5.82 Å². The molecule has 22 heavy (non-hydrogen) atoms. The van der Waals surface area contributed by atoms with Crippen molar-refractivity contribution in [1.29, 1.82) is 0 Å². The van der Waals surface area contributed by atoms with Crippen LogP contribution in [0.3, 0.4) is 0 Å². The molecule has 0 amide bonds. The first-order valence-corrected chi connectivity index (χ1v) is 8.66. The quantitative estimate of drug-likeness (QED) is 0.927. The summed E-state index contributed by atoms with van der Waals surface area (Å²) in [7, 11) is 0. The maximum atomic E-state index is 5.41. The molecule has 1 atom stereocenters. The molecule has 5 nitrogen and oxygen atoms in total. The van der Waals surface area contributed by atoms with Crippen LogP contribution in [0.5, 0.6) is 0 Å². The van der Waals surface area contributed by atoms with E-state index in [0.717, 1.165) is 32.1 Å². The van der Waals surface area contributed by atoms with Gasteiger partial charge in [0.05, 0.1) is 25.1 Å². The van der Waals surface area contributed by atoms with Gasteiger partial charge in [0.25, 0.3) is 0 Å². The van der Waals surface area contributed by atoms with Crippen molar-refractivity contribution in [3.05, 3.63) is 17.3 Å². The molecule has 122 valence electrons. The molecule has 1 saturated carbocycles. The van der Waals surface area contributed by atoms with Crippen LogP contribution in [0.1, 0.15) is 56.2 Å². The van der Waals surface area contributed by atoms with Gasteiger partial charge in [-0.25, -0.2) is 0 Å². The van der Waals surface area contributed by atoms with Crippen LogP contribution in [0.2, 0.25) is 0 Å². The lowest BCUT2D eigenvalue weighted by Crippen LogP contribution is -2.45. The van der Waals surface area contributed by atoms with Crippen molar-refractivity contribution < 1.29 is 4.74 Å². The van der Waals surface area contributed by atoms with Crippen molar-refractivity contribution in [2.24, 2.45) is 0 Å². The van der Waals surface area contributed by atoms with Gasteiger partial charge in [0.2, 0.25) is 0 Å². The zero-order valence-corrected chi connectivity index (χ0v) is 13.8. The van der Waals surface area contributed by atoms with Crippen molar-refractivity contribution in [3.63, 3.8) is 0 Å². The van der Waals surface area contributed by atoms with Crippen LogP contribution in [0, 0.1) is 6.92 Å². The molecule has 0 aromatic carbocycles. The van der Waals surface area contributed by atoms with Crippen LogP contribution in [-0.4, -0.2) is 47.6 Å². The molecule has 1 unspecified atom stereocenters. The molecule has 1 aliphatic heterocycles. The van der Waals surface area contributed by atoms with E-state index in [0.29, 0.717) is 5.92 Å². The fourth-order valence-electron chi connectivity index (χ4n) is 3.50. The van der Waals surface area contributed by atoms with E-state index in [4.69, 9.17) is 4.74 Å². The Hall–Kier alpha value is -1.20. The first-order valence-electron chi connectivity index (χ1n) is 8.66. The Bertz CT molecular complexity index is 482. The van der Waals surface area contributed by atoms with Crippen LogP contribution >= 0.6 is 0 Å². The minimum absolute atomic E-state index is 0.262. The Labute approximate surface area is 133 Å². The standard InChI is InChI=1S/C17H28N4O/c1-13-12-16(15-6-4-3-5-7-15)19-20-17(13)18-14(2)21-8-10-22-11-9-21/h12,14-15H,3-11H2,1-2H3,(H,18,20). The predicted octanol–water partition coefficient (Wildman–Crippen LogP) is 2.92. The number of ether oxygens (including phenoxy) is 1. The average Bonchev–Trinajstić information content (AvgIpc) is 2.58. The van der Waals surface area contributed by atoms with E-state index in [1.54, 1.807) is 0 Å². The van der Waals surface area contributed by atoms with Gasteiger partial charge in [0, 0.05) is 19.0 Å². The number of hydrogen-bond donors (Lipinski definition) is 1. The molecule has 5 heteroatoms. The van der Waals surface area contributed by atoms with E-state index in [2.05, 4.69) is 40.3 Å². The zero-order chi connectivity index (χ0) is 15.4. The summed E-state index contributed by atoms with van der Waals surface area (Å²) in [5.74, 6) is 1.53. The van der Waals surface area contributed by atoms with Crippen LogP contribution in [0.25, 0.3) is 0 Å². The highest BCUT2D eigenvalue weighted by atomic mass is 16.5. The maximum Gasteiger partial charge on any atom is 0.152 e. The van der Waals surface area contributed by atoms with Gasteiger partial charge in [-0.3, -0.25) is 4.90 Å². The average molecular weight is 304 g/mol. The Morgan fingerprint density at radius 2 is 1.91 bits per heavy atom. The summed E-state index contributed by atoms with van der Waals surface area (Å²) < 4.78 is 5.41. The Morgan fingerprint density at radius 1 is 1.18 bits per heavy atom. The van der Waals surface area contributed by atoms with Gasteiger partial charge >= 0.3 is 0 Å². The molecule has 2 fully saturated rings. The third kappa shape index (κ3) is 3.76. The Morgan fingerprint density at radius 3 is 2.59 bits per heavy atom. The molecule has 0 radical (unpaired) electrons. The Balaban J connectivity index is 1.63. The minimum Gasteiger partial charge on any atom is -0.379 e. The van der Waals surface area contributed by atoms with Crippen LogP contribution in [0.4, 0.5) is 5.82 Å². The Kier molecular flexibility index (Phi) is 5.26. The lowest BCUT2D eigenvalue weighted by Gasteiger charge is -2.33. The molecule has 1 aromatic rings. The smallest absolute Gasteiger partial charge is 0.152 e. The lowest BCUT2D eigenvalue weighted by atomic mass is 9.86. The van der Waals surface area contributed by atoms with Gasteiger partial charge in [0.15, 0.2) is 5.82 Å². The fourth-order valence-corrected chi connectivity index (χ4v) is 3.50. The van der Waals surface area contributed by atoms with Crippen molar-refractivity contribution in [2.45, 2.75) is 58.0 Å². The monoisotopic (exact) mass is 304 g/mol. The summed E-state index contributed by atoms with van der Waals surface area (Å²) in [5.41, 5.74) is 2.39. The third-order valence-electron chi connectivity index (χ3n) is 4.97. The van der Waals surface area contributed by atoms with Crippen LogP contribution in [0.15, 0.2) is 6.07 Å². The van der Waals surface area contributed by atoms with Crippen molar-refractivity contribution in [1.82, 2.24) is 15.1 Å². The predicted molar refractivity (Wildman–Crippen MR) is 88.1 cm³/mol. The second kappa shape index (κ2) is 7.38. The summed E-state index contributed by atoms with van der Waals surface area (Å²) in [6, 6.07) is 2.23. The molecule has 2 heterocycles. The first-order chi connectivity index (χ1) is 10.7. The maximum absolute atomic E-state index is 5.41. The highest BCUT2D eigenvalue weighted by Crippen LogP contribution is 2.32. The molecule has 0 bridgehead atoms. The van der Waals surface area contributed by atoms with Gasteiger partial charge in [-0.1, -0.05) is 19.3 Å². The summed E-state index contributed by atoms with van der Waals surface area (Å²) in [6.07, 6.45) is 6.84. The first kappa shape index (κ1) is 15.7. The van der Waals surface area contributed by atoms with Crippen molar-refractivity contribution in [3.8, 4) is 0 Å². The number of morpholine rings is 1. The number of aromatic nitrogens is 2. The van der Waals surface area contributed by atoms with E-state index in [9.17, 15) is 0 Å². The van der Waals surface area contributed by atoms with Crippen molar-refractivity contribution in [2.75, 3.05) is 31.6 Å². The van der Waals surface area contributed by atoms with Gasteiger partial charge in [0.1, 0.15) is 0 Å². The topological polar surface area (TPSA) is 50.3 Å². The number of aryl methyl sites for hydroxylation is 1. The number of hydrogen-bond acceptors (Lipinski definition) is 5. The van der Waals surface area contributed by atoms with E-state index >= 15 is 0 Å². The summed E-state index contributed by atoms with van der Waals surface area (Å²) in [4.78, 5) is 2.39. The largest absolute Gasteiger partial charge is 0.379 e. The fraction of sp³-hybridized carbons (Fsp3) is 0.765. The highest BCUT2D eigenvalue weighted by molar-refractivity contribution is 5.43. The molecule has 1 aliphatic carbocycles. The summed E-state index contributed by atoms with van der Waals surface area (Å²) >= 11 is 0. The third-order valence-corrected chi connectivity index (χ3v) is 4.97. The van der Waals surface area contributed by atoms with E-state index < -0.39 is 0 Å². The molecule has 1 saturated heterocycles. The molecule has 0 spiro atoms. The second-order valence-corrected chi connectivity index (χ2v) is 6.60. The van der Waals surface area contributed by atoms with E-state index in [1.165, 1.54) is 43.4 Å². The zero-order valence-electron chi connectivity index (χ0n) is 13.8. The van der Waals surface area contributed by atoms with Gasteiger partial charge in [-0.05, 0) is 38.3 Å². The van der Waals surface area contributed by atoms with E-state index in [1.807, 2.05) is 0 Å². The highest BCUT2D eigenvalue weighted by Gasteiger charge is 2.20. The molecular weight excluding hydrogens is 276 g/mol. The molecule has 3 rings (SSSR count). The number of nitrogens with one attached hydrogen (secondary N) is 1.